The Morgan fingerprint density at radius 1 is 1.09 bits per heavy atom. The normalized spacial score (nSPS) is 15.7. The Morgan fingerprint density at radius 2 is 1.78 bits per heavy atom. The molecule has 3 N–H and O–H groups in total. The minimum atomic E-state index is -4.54. The Morgan fingerprint density at radius 3 is 2.44 bits per heavy atom. The summed E-state index contributed by atoms with van der Waals surface area (Å²) in [7, 11) is 0. The number of nitrogens with one attached hydrogen (secondary N) is 1. The van der Waals surface area contributed by atoms with Crippen molar-refractivity contribution in [1.29, 1.82) is 0 Å². The summed E-state index contributed by atoms with van der Waals surface area (Å²) in [5.41, 5.74) is 6.84. The third-order valence-corrected chi connectivity index (χ3v) is 6.31. The lowest BCUT2D eigenvalue weighted by atomic mass is 9.89. The fraction of sp³-hybridized carbons (Fsp3) is 0.273. The van der Waals surface area contributed by atoms with Crippen LogP contribution in [0.25, 0.3) is 16.6 Å². The van der Waals surface area contributed by atoms with E-state index in [1.165, 1.54) is 11.6 Å². The molecule has 10 heteroatoms. The summed E-state index contributed by atoms with van der Waals surface area (Å²) in [6.07, 6.45) is -2.79. The van der Waals surface area contributed by atoms with E-state index in [1.807, 2.05) is 29.2 Å². The van der Waals surface area contributed by atoms with Crippen LogP contribution in [0.3, 0.4) is 0 Å². The molecule has 0 bridgehead atoms. The van der Waals surface area contributed by atoms with Gasteiger partial charge < -0.3 is 15.6 Å². The number of halogens is 4. The van der Waals surface area contributed by atoms with Crippen molar-refractivity contribution >= 4 is 39.7 Å². The van der Waals surface area contributed by atoms with Gasteiger partial charge in [0.15, 0.2) is 11.5 Å². The number of piperidine rings is 1. The summed E-state index contributed by atoms with van der Waals surface area (Å²) in [6.45, 7) is 1.38. The molecule has 1 fully saturated rings. The van der Waals surface area contributed by atoms with Gasteiger partial charge in [-0.05, 0) is 54.7 Å². The van der Waals surface area contributed by atoms with E-state index in [-0.39, 0.29) is 16.6 Å². The summed E-state index contributed by atoms with van der Waals surface area (Å²) in [5, 5.41) is 4.96. The van der Waals surface area contributed by atoms with Crippen molar-refractivity contribution in [1.82, 2.24) is 14.6 Å². The average Bonchev–Trinajstić information content (AvgIpc) is 3.10. The lowest BCUT2D eigenvalue weighted by Gasteiger charge is -2.32. The molecule has 166 valence electrons. The summed E-state index contributed by atoms with van der Waals surface area (Å²) >= 11 is 5.98. The predicted octanol–water partition coefficient (Wildman–Crippen LogP) is 4.81. The van der Waals surface area contributed by atoms with Crippen molar-refractivity contribution in [2.24, 2.45) is 0 Å². The first-order valence-corrected chi connectivity index (χ1v) is 10.5. The number of hydrogen-bond acceptors (Lipinski definition) is 4. The smallest absolute Gasteiger partial charge is 0.393 e. The summed E-state index contributed by atoms with van der Waals surface area (Å²) in [4.78, 5) is 17.9. The summed E-state index contributed by atoms with van der Waals surface area (Å²) < 4.78 is 40.3. The average molecular weight is 462 g/mol. The Hall–Kier alpha value is -3.20. The molecule has 0 atom stereocenters. The maximum absolute atomic E-state index is 13.1. The third-order valence-electron chi connectivity index (χ3n) is 6.06. The Kier molecular flexibility index (Phi) is 4.81. The molecule has 1 aliphatic rings. The van der Waals surface area contributed by atoms with Crippen LogP contribution in [0, 0.1) is 0 Å². The quantitative estimate of drug-likeness (QED) is 0.449. The van der Waals surface area contributed by atoms with Crippen molar-refractivity contribution < 1.29 is 13.2 Å². The molecule has 5 rings (SSSR count). The molecule has 0 unspecified atom stereocenters. The molecular weight excluding hydrogens is 443 g/mol. The zero-order valence-electron chi connectivity index (χ0n) is 16.8. The number of benzene rings is 2. The van der Waals surface area contributed by atoms with Gasteiger partial charge in [0.25, 0.3) is 5.56 Å². The first kappa shape index (κ1) is 20.7. The molecule has 6 nitrogen and oxygen atoms in total. The monoisotopic (exact) mass is 461 g/mol. The van der Waals surface area contributed by atoms with Crippen molar-refractivity contribution in [2.45, 2.75) is 24.9 Å². The zero-order valence-corrected chi connectivity index (χ0v) is 17.5. The first-order valence-electron chi connectivity index (χ1n) is 10.1. The molecule has 3 heterocycles. The number of H-pyrrole nitrogens is 1. The fourth-order valence-corrected chi connectivity index (χ4v) is 4.45. The van der Waals surface area contributed by atoms with Gasteiger partial charge in [-0.25, -0.2) is 0 Å². The summed E-state index contributed by atoms with van der Waals surface area (Å²) in [5.74, 6) is 0.839. The highest BCUT2D eigenvalue weighted by Crippen LogP contribution is 2.34. The molecule has 4 aromatic rings. The van der Waals surface area contributed by atoms with Crippen molar-refractivity contribution in [3.63, 3.8) is 0 Å². The van der Waals surface area contributed by atoms with Crippen LogP contribution in [-0.2, 0) is 6.18 Å². The Bertz CT molecular complexity index is 1370. The molecule has 2 aromatic carbocycles. The number of nitrogens with zero attached hydrogens (tertiary/aromatic N) is 3. The highest BCUT2D eigenvalue weighted by molar-refractivity contribution is 6.30. The van der Waals surface area contributed by atoms with Gasteiger partial charge in [-0.2, -0.15) is 17.7 Å². The van der Waals surface area contributed by atoms with E-state index in [0.717, 1.165) is 29.5 Å². The third kappa shape index (κ3) is 3.46. The molecule has 0 radical (unpaired) electrons. The van der Waals surface area contributed by atoms with E-state index >= 15 is 0 Å². The van der Waals surface area contributed by atoms with E-state index in [0.29, 0.717) is 35.5 Å². The van der Waals surface area contributed by atoms with Crippen LogP contribution in [0.15, 0.2) is 47.3 Å². The van der Waals surface area contributed by atoms with Crippen LogP contribution in [0.4, 0.5) is 24.7 Å². The van der Waals surface area contributed by atoms with Crippen molar-refractivity contribution in [3.8, 4) is 0 Å². The molecule has 0 spiro atoms. The van der Waals surface area contributed by atoms with E-state index in [4.69, 9.17) is 17.3 Å². The van der Waals surface area contributed by atoms with Gasteiger partial charge in [0.2, 0.25) is 0 Å². The lowest BCUT2D eigenvalue weighted by molar-refractivity contribution is -0.137. The summed E-state index contributed by atoms with van der Waals surface area (Å²) in [6, 6.07) is 10.8. The van der Waals surface area contributed by atoms with Crippen molar-refractivity contribution in [3.05, 3.63) is 69.0 Å². The fourth-order valence-electron chi connectivity index (χ4n) is 4.33. The second kappa shape index (κ2) is 7.44. The second-order valence-corrected chi connectivity index (χ2v) is 8.44. The van der Waals surface area contributed by atoms with E-state index in [9.17, 15) is 18.0 Å². The van der Waals surface area contributed by atoms with E-state index in [1.54, 1.807) is 0 Å². The van der Waals surface area contributed by atoms with E-state index in [2.05, 4.69) is 10.1 Å². The lowest BCUT2D eigenvalue weighted by Crippen LogP contribution is -2.33. The standard InChI is InChI=1S/C22H19ClF3N5O/c23-15-4-1-12(2-5-15)13-7-9-30(10-8-13)20-18(27)19-28-17-6-3-14(22(24,25)26)11-16(17)21(32)31(19)29-20/h1-6,11,13,28H,7-10,27H2. The highest BCUT2D eigenvalue weighted by atomic mass is 35.5. The van der Waals surface area contributed by atoms with Gasteiger partial charge in [-0.1, -0.05) is 23.7 Å². The van der Waals surface area contributed by atoms with Gasteiger partial charge >= 0.3 is 6.18 Å². The highest BCUT2D eigenvalue weighted by Gasteiger charge is 2.31. The van der Waals surface area contributed by atoms with Gasteiger partial charge in [0.1, 0.15) is 5.69 Å². The Labute approximate surface area is 185 Å². The number of nitrogen functional groups attached to an aromatic ring is 1. The van der Waals surface area contributed by atoms with Crippen LogP contribution in [0.1, 0.15) is 29.9 Å². The first-order chi connectivity index (χ1) is 15.2. The topological polar surface area (TPSA) is 79.4 Å². The molecule has 1 aliphatic heterocycles. The molecule has 0 saturated carbocycles. The van der Waals surface area contributed by atoms with Gasteiger partial charge in [-0.15, -0.1) is 5.10 Å². The maximum Gasteiger partial charge on any atom is 0.416 e. The second-order valence-electron chi connectivity index (χ2n) is 8.00. The van der Waals surface area contributed by atoms with Gasteiger partial charge in [-0.3, -0.25) is 4.79 Å². The van der Waals surface area contributed by atoms with Gasteiger partial charge in [0.05, 0.1) is 16.5 Å². The predicted molar refractivity (Wildman–Crippen MR) is 118 cm³/mol. The van der Waals surface area contributed by atoms with Crippen LogP contribution in [-0.4, -0.2) is 27.7 Å². The number of nitrogens with two attached hydrogens (primary N) is 1. The maximum atomic E-state index is 13.1. The molecular formula is C22H19ClF3N5O. The number of alkyl halides is 3. The number of aromatic amines is 1. The number of aromatic nitrogens is 3. The number of anilines is 2. The minimum absolute atomic E-state index is 0.0946. The van der Waals surface area contributed by atoms with Crippen molar-refractivity contribution in [2.75, 3.05) is 23.7 Å². The molecule has 0 amide bonds. The van der Waals surface area contributed by atoms with Crippen LogP contribution < -0.4 is 16.2 Å². The number of fused-ring (bicyclic) bond motifs is 2. The molecule has 2 aromatic heterocycles. The van der Waals surface area contributed by atoms with Crippen LogP contribution in [0.2, 0.25) is 5.02 Å². The zero-order chi connectivity index (χ0) is 22.6. The van der Waals surface area contributed by atoms with Crippen LogP contribution in [0.5, 0.6) is 0 Å². The van der Waals surface area contributed by atoms with Crippen LogP contribution >= 0.6 is 11.6 Å². The van der Waals surface area contributed by atoms with E-state index < -0.39 is 17.3 Å². The Balaban J connectivity index is 1.48. The van der Waals surface area contributed by atoms with Gasteiger partial charge in [0, 0.05) is 18.1 Å². The SMILES string of the molecule is Nc1c(N2CCC(c3ccc(Cl)cc3)CC2)nn2c(=O)c3cc(C(F)(F)F)ccc3[nH]c12. The molecule has 1 saturated heterocycles. The molecule has 32 heavy (non-hydrogen) atoms. The minimum Gasteiger partial charge on any atom is -0.393 e. The molecule has 0 aliphatic carbocycles. The largest absolute Gasteiger partial charge is 0.416 e. The number of hydrogen-bond donors (Lipinski definition) is 2. The number of rotatable bonds is 2.